The molecule has 1 aromatic rings. The number of unbranched alkanes of at least 4 members (excludes halogenated alkanes) is 2. The zero-order valence-corrected chi connectivity index (χ0v) is 13.5. The van der Waals surface area contributed by atoms with Gasteiger partial charge in [0.05, 0.1) is 23.2 Å². The quantitative estimate of drug-likeness (QED) is 0.502. The third kappa shape index (κ3) is 5.51. The number of carbonyl (C=O) groups is 2. The van der Waals surface area contributed by atoms with E-state index in [1.54, 1.807) is 0 Å². The molecular weight excluding hydrogens is 280 g/mol. The van der Waals surface area contributed by atoms with Crippen LogP contribution in [-0.2, 0) is 9.47 Å². The molecule has 0 radical (unpaired) electrons. The third-order valence-corrected chi connectivity index (χ3v) is 3.26. The lowest BCUT2D eigenvalue weighted by Gasteiger charge is -2.15. The van der Waals surface area contributed by atoms with Crippen LogP contribution >= 0.6 is 0 Å². The zero-order chi connectivity index (χ0) is 19.9. The highest BCUT2D eigenvalue weighted by Crippen LogP contribution is 2.15. The van der Waals surface area contributed by atoms with Crippen molar-refractivity contribution < 1.29 is 24.5 Å². The van der Waals surface area contributed by atoms with Gasteiger partial charge in [-0.2, -0.15) is 0 Å². The number of ether oxygens (including phenoxy) is 2. The summed E-state index contributed by atoms with van der Waals surface area (Å²) in [6.45, 7) is 5.80. The number of hydrogen-bond acceptors (Lipinski definition) is 4. The fraction of sp³-hybridized carbons (Fsp3) is 0.556. The van der Waals surface area contributed by atoms with Gasteiger partial charge in [-0.1, -0.05) is 45.7 Å². The summed E-state index contributed by atoms with van der Waals surface area (Å²) in [5.74, 6) is -1.88. The van der Waals surface area contributed by atoms with Crippen LogP contribution in [0.1, 0.15) is 79.1 Å². The number of carbonyl (C=O) groups excluding carboxylic acids is 2. The normalized spacial score (nSPS) is 13.1. The van der Waals surface area contributed by atoms with Crippen LogP contribution in [-0.4, -0.2) is 24.6 Å². The molecule has 0 saturated carbocycles. The molecule has 0 aliphatic carbocycles. The Morgan fingerprint density at radius 3 is 2.18 bits per heavy atom. The minimum absolute atomic E-state index is 0.121. The summed E-state index contributed by atoms with van der Waals surface area (Å²) in [6.07, 6.45) is 3.17. The van der Waals surface area contributed by atoms with Crippen LogP contribution in [0.5, 0.6) is 0 Å². The Kier molecular flexibility index (Phi) is 5.75. The van der Waals surface area contributed by atoms with Gasteiger partial charge in [0, 0.05) is 0 Å². The maximum atomic E-state index is 12.5. The van der Waals surface area contributed by atoms with E-state index in [9.17, 15) is 9.59 Å². The third-order valence-electron chi connectivity index (χ3n) is 3.26. The first-order chi connectivity index (χ1) is 12.3. The molecule has 0 aliphatic heterocycles. The van der Waals surface area contributed by atoms with Gasteiger partial charge in [-0.05, 0) is 31.3 Å². The molecule has 0 unspecified atom stereocenters. The van der Waals surface area contributed by atoms with E-state index < -0.39 is 53.3 Å². The summed E-state index contributed by atoms with van der Waals surface area (Å²) in [5.41, 5.74) is -0.938. The van der Waals surface area contributed by atoms with Crippen molar-refractivity contribution in [2.45, 2.75) is 59.0 Å². The lowest BCUT2D eigenvalue weighted by molar-refractivity contribution is 0.0274. The second-order valence-electron chi connectivity index (χ2n) is 4.94. The van der Waals surface area contributed by atoms with Crippen LogP contribution < -0.4 is 0 Å². The molecule has 122 valence electrons. The van der Waals surface area contributed by atoms with Crippen LogP contribution in [0.3, 0.4) is 0 Å². The Morgan fingerprint density at radius 1 is 1.05 bits per heavy atom. The zero-order valence-electron chi connectivity index (χ0n) is 17.5. The molecule has 1 aromatic carbocycles. The van der Waals surface area contributed by atoms with Crippen molar-refractivity contribution in [2.75, 3.05) is 6.61 Å². The summed E-state index contributed by atoms with van der Waals surface area (Å²) >= 11 is 0. The Hall–Kier alpha value is -1.84. The molecule has 4 heteroatoms. The number of benzene rings is 1. The highest BCUT2D eigenvalue weighted by Gasteiger charge is 2.20. The van der Waals surface area contributed by atoms with Crippen molar-refractivity contribution in [3.05, 3.63) is 35.3 Å². The lowest BCUT2D eigenvalue weighted by Crippen LogP contribution is -2.19. The molecule has 0 saturated heterocycles. The first-order valence-electron chi connectivity index (χ1n) is 9.78. The van der Waals surface area contributed by atoms with Crippen LogP contribution in [0.2, 0.25) is 0 Å². The summed E-state index contributed by atoms with van der Waals surface area (Å²) in [5, 5.41) is 0. The van der Waals surface area contributed by atoms with Gasteiger partial charge in [0.15, 0.2) is 0 Å². The van der Waals surface area contributed by atoms with E-state index in [1.165, 1.54) is 0 Å². The number of rotatable bonds is 9. The summed E-state index contributed by atoms with van der Waals surface area (Å²) in [7, 11) is 0. The maximum absolute atomic E-state index is 12.5. The number of esters is 2. The van der Waals surface area contributed by atoms with Gasteiger partial charge in [0.1, 0.15) is 6.10 Å². The molecule has 22 heavy (non-hydrogen) atoms. The second-order valence-corrected chi connectivity index (χ2v) is 4.94. The Morgan fingerprint density at radius 2 is 1.64 bits per heavy atom. The minimum Gasteiger partial charge on any atom is -0.462 e. The van der Waals surface area contributed by atoms with E-state index in [0.717, 1.165) is 12.8 Å². The van der Waals surface area contributed by atoms with Gasteiger partial charge in [0.2, 0.25) is 0 Å². The van der Waals surface area contributed by atoms with Crippen molar-refractivity contribution in [3.63, 3.8) is 0 Å². The molecule has 0 amide bonds. The van der Waals surface area contributed by atoms with Crippen molar-refractivity contribution in [3.8, 4) is 0 Å². The molecule has 0 aliphatic rings. The van der Waals surface area contributed by atoms with E-state index >= 15 is 0 Å². The van der Waals surface area contributed by atoms with Crippen molar-refractivity contribution in [1.82, 2.24) is 0 Å². The number of hydrogen-bond donors (Lipinski definition) is 0. The van der Waals surface area contributed by atoms with Crippen LogP contribution in [0.4, 0.5) is 0 Å². The molecule has 0 spiro atoms. The van der Waals surface area contributed by atoms with E-state index in [1.807, 2.05) is 20.8 Å². The average molecular weight is 310 g/mol. The summed E-state index contributed by atoms with van der Waals surface area (Å²) in [6, 6.07) is -2.37. The van der Waals surface area contributed by atoms with Crippen LogP contribution in [0.25, 0.3) is 0 Å². The van der Waals surface area contributed by atoms with Crippen LogP contribution in [0.15, 0.2) is 24.2 Å². The molecular formula is C18H26O4. The maximum Gasteiger partial charge on any atom is 0.339 e. The molecule has 4 nitrogen and oxygen atoms in total. The monoisotopic (exact) mass is 310 g/mol. The topological polar surface area (TPSA) is 52.6 Å². The van der Waals surface area contributed by atoms with Gasteiger partial charge in [-0.15, -0.1) is 0 Å². The van der Waals surface area contributed by atoms with Crippen molar-refractivity contribution >= 4 is 11.9 Å². The molecule has 1 rings (SSSR count). The molecule has 0 aromatic heterocycles. The van der Waals surface area contributed by atoms with Gasteiger partial charge < -0.3 is 9.47 Å². The van der Waals surface area contributed by atoms with E-state index in [-0.39, 0.29) is 6.61 Å². The standard InChI is InChI=1S/C18H26O4/c1-4-7-10-13-21-17(19)15-11-8-9-12-16(15)18(20)22-14(5-2)6-3/h8-9,11-12,14H,4-7,10,13H2,1-3H3/i8D,9D,11D,12D. The Bertz CT molecular complexity index is 657. The first-order valence-corrected chi connectivity index (χ1v) is 7.78. The van der Waals surface area contributed by atoms with Gasteiger partial charge in [-0.3, -0.25) is 0 Å². The highest BCUT2D eigenvalue weighted by atomic mass is 16.5. The predicted octanol–water partition coefficient (Wildman–Crippen LogP) is 4.38. The summed E-state index contributed by atoms with van der Waals surface area (Å²) in [4.78, 5) is 24.9. The van der Waals surface area contributed by atoms with E-state index in [0.29, 0.717) is 19.3 Å². The van der Waals surface area contributed by atoms with Crippen molar-refractivity contribution in [1.29, 1.82) is 0 Å². The molecule has 0 bridgehead atoms. The van der Waals surface area contributed by atoms with E-state index in [2.05, 4.69) is 0 Å². The predicted molar refractivity (Wildman–Crippen MR) is 86.0 cm³/mol. The molecule has 0 fully saturated rings. The second kappa shape index (κ2) is 9.98. The smallest absolute Gasteiger partial charge is 0.339 e. The Balaban J connectivity index is 3.30. The highest BCUT2D eigenvalue weighted by molar-refractivity contribution is 6.03. The lowest BCUT2D eigenvalue weighted by atomic mass is 10.1. The average Bonchev–Trinajstić information content (AvgIpc) is 2.63. The SMILES string of the molecule is [2H]c1c([2H])c([2H])c(C(=O)OC(CC)CC)c(C(=O)OCCCCC)c1[2H]. The van der Waals surface area contributed by atoms with Crippen molar-refractivity contribution in [2.24, 2.45) is 0 Å². The Labute approximate surface area is 138 Å². The van der Waals surface area contributed by atoms with Gasteiger partial charge >= 0.3 is 11.9 Å². The van der Waals surface area contributed by atoms with Crippen LogP contribution in [0, 0.1) is 0 Å². The fourth-order valence-corrected chi connectivity index (χ4v) is 1.87. The molecule has 0 heterocycles. The largest absolute Gasteiger partial charge is 0.462 e. The summed E-state index contributed by atoms with van der Waals surface area (Å²) < 4.78 is 41.9. The van der Waals surface area contributed by atoms with Gasteiger partial charge in [-0.25, -0.2) is 9.59 Å². The first kappa shape index (κ1) is 12.7. The molecule has 0 N–H and O–H groups in total. The fourth-order valence-electron chi connectivity index (χ4n) is 1.87. The minimum atomic E-state index is -0.940. The molecule has 0 atom stereocenters. The van der Waals surface area contributed by atoms with E-state index in [4.69, 9.17) is 15.0 Å². The van der Waals surface area contributed by atoms with Gasteiger partial charge in [0.25, 0.3) is 0 Å².